The van der Waals surface area contributed by atoms with E-state index in [1.165, 1.54) is 0 Å². The molecule has 1 N–H and O–H groups in total. The van der Waals surface area contributed by atoms with Crippen LogP contribution in [0, 0.1) is 5.92 Å². The van der Waals surface area contributed by atoms with Crippen molar-refractivity contribution in [2.75, 3.05) is 18.4 Å². The fourth-order valence-electron chi connectivity index (χ4n) is 3.22. The van der Waals surface area contributed by atoms with Crippen molar-refractivity contribution in [2.24, 2.45) is 5.92 Å². The summed E-state index contributed by atoms with van der Waals surface area (Å²) >= 11 is 0. The lowest BCUT2D eigenvalue weighted by molar-refractivity contribution is -0.119. The van der Waals surface area contributed by atoms with Crippen molar-refractivity contribution in [1.82, 2.24) is 4.31 Å². The lowest BCUT2D eigenvalue weighted by Gasteiger charge is -2.30. The Morgan fingerprint density at radius 3 is 2.73 bits per heavy atom. The molecule has 0 aliphatic carbocycles. The first-order valence-corrected chi connectivity index (χ1v) is 9.13. The van der Waals surface area contributed by atoms with Crippen LogP contribution in [0.25, 0.3) is 0 Å². The summed E-state index contributed by atoms with van der Waals surface area (Å²) in [5.41, 5.74) is 0.764. The van der Waals surface area contributed by atoms with E-state index in [0.29, 0.717) is 24.7 Å². The number of nitrogens with zero attached hydrogens (tertiary/aromatic N) is 1. The van der Waals surface area contributed by atoms with Crippen LogP contribution in [0.1, 0.15) is 39.2 Å². The van der Waals surface area contributed by atoms with Gasteiger partial charge in [-0.05, 0) is 56.4 Å². The SMILES string of the molecule is C[C@H]1CCCN(S(=O)(=O)c2ccc3c(c2)C(C)(C)C(=O)N3)C1. The van der Waals surface area contributed by atoms with E-state index in [-0.39, 0.29) is 10.8 Å². The number of hydrogen-bond donors (Lipinski definition) is 1. The van der Waals surface area contributed by atoms with Crippen LogP contribution in [0.2, 0.25) is 0 Å². The maximum Gasteiger partial charge on any atom is 0.243 e. The van der Waals surface area contributed by atoms with Crippen LogP contribution >= 0.6 is 0 Å². The molecule has 0 saturated carbocycles. The lowest BCUT2D eigenvalue weighted by Crippen LogP contribution is -2.39. The Labute approximate surface area is 131 Å². The maximum atomic E-state index is 12.8. The van der Waals surface area contributed by atoms with Gasteiger partial charge in [-0.25, -0.2) is 8.42 Å². The highest BCUT2D eigenvalue weighted by molar-refractivity contribution is 7.89. The molecule has 120 valence electrons. The average Bonchev–Trinajstić information content (AvgIpc) is 2.69. The predicted octanol–water partition coefficient (Wildman–Crippen LogP) is 2.34. The summed E-state index contributed by atoms with van der Waals surface area (Å²) < 4.78 is 27.3. The molecule has 2 heterocycles. The number of sulfonamides is 1. The highest BCUT2D eigenvalue weighted by Gasteiger charge is 2.39. The van der Waals surface area contributed by atoms with E-state index in [9.17, 15) is 13.2 Å². The van der Waals surface area contributed by atoms with E-state index in [0.717, 1.165) is 18.4 Å². The summed E-state index contributed by atoms with van der Waals surface area (Å²) in [5, 5.41) is 2.81. The molecular formula is C16H22N2O3S. The third-order valence-electron chi connectivity index (χ3n) is 4.74. The second-order valence-corrected chi connectivity index (χ2v) is 8.83. The van der Waals surface area contributed by atoms with Crippen molar-refractivity contribution in [2.45, 2.75) is 43.9 Å². The number of piperidine rings is 1. The van der Waals surface area contributed by atoms with E-state index in [4.69, 9.17) is 0 Å². The Morgan fingerprint density at radius 2 is 2.05 bits per heavy atom. The largest absolute Gasteiger partial charge is 0.325 e. The molecule has 1 amide bonds. The van der Waals surface area contributed by atoms with E-state index in [1.807, 2.05) is 13.8 Å². The van der Waals surface area contributed by atoms with Gasteiger partial charge in [0.25, 0.3) is 0 Å². The number of hydrogen-bond acceptors (Lipinski definition) is 3. The molecule has 0 aromatic heterocycles. The van der Waals surface area contributed by atoms with Crippen molar-refractivity contribution in [1.29, 1.82) is 0 Å². The molecule has 0 radical (unpaired) electrons. The third-order valence-corrected chi connectivity index (χ3v) is 6.60. The van der Waals surface area contributed by atoms with E-state index >= 15 is 0 Å². The Kier molecular flexibility index (Phi) is 3.57. The average molecular weight is 322 g/mol. The van der Waals surface area contributed by atoms with E-state index in [2.05, 4.69) is 12.2 Å². The standard InChI is InChI=1S/C16H22N2O3S/c1-11-5-4-8-18(10-11)22(20,21)12-6-7-14-13(9-12)16(2,3)15(19)17-14/h6-7,9,11H,4-5,8,10H2,1-3H3,(H,17,19)/t11-/m0/s1. The van der Waals surface area contributed by atoms with Gasteiger partial charge in [-0.1, -0.05) is 6.92 Å². The molecule has 5 nitrogen and oxygen atoms in total. The van der Waals surface area contributed by atoms with Gasteiger partial charge in [0.1, 0.15) is 0 Å². The summed E-state index contributed by atoms with van der Waals surface area (Å²) in [6.45, 7) is 6.85. The Hall–Kier alpha value is -1.40. The fourth-order valence-corrected chi connectivity index (χ4v) is 4.85. The minimum Gasteiger partial charge on any atom is -0.325 e. The summed E-state index contributed by atoms with van der Waals surface area (Å²) in [6.07, 6.45) is 1.97. The molecule has 0 spiro atoms. The van der Waals surface area contributed by atoms with Gasteiger partial charge < -0.3 is 5.32 Å². The van der Waals surface area contributed by atoms with Gasteiger partial charge in [-0.2, -0.15) is 4.31 Å². The Bertz CT molecular complexity index is 725. The monoisotopic (exact) mass is 322 g/mol. The van der Waals surface area contributed by atoms with Crippen LogP contribution in [0.5, 0.6) is 0 Å². The fraction of sp³-hybridized carbons (Fsp3) is 0.562. The topological polar surface area (TPSA) is 66.5 Å². The van der Waals surface area contributed by atoms with Gasteiger partial charge in [0.15, 0.2) is 0 Å². The maximum absolute atomic E-state index is 12.8. The van der Waals surface area contributed by atoms with Crippen molar-refractivity contribution in [3.05, 3.63) is 23.8 Å². The molecule has 3 rings (SSSR count). The number of anilines is 1. The van der Waals surface area contributed by atoms with Crippen LogP contribution in [-0.4, -0.2) is 31.7 Å². The molecule has 0 unspecified atom stereocenters. The van der Waals surface area contributed by atoms with Gasteiger partial charge in [0.05, 0.1) is 10.3 Å². The van der Waals surface area contributed by atoms with Gasteiger partial charge in [0, 0.05) is 18.8 Å². The molecule has 2 aliphatic rings. The Balaban J connectivity index is 2.00. The number of rotatable bonds is 2. The molecule has 1 fully saturated rings. The summed E-state index contributed by atoms with van der Waals surface area (Å²) in [4.78, 5) is 12.3. The minimum absolute atomic E-state index is 0.0938. The van der Waals surface area contributed by atoms with Gasteiger partial charge in [0.2, 0.25) is 15.9 Å². The van der Waals surface area contributed by atoms with Gasteiger partial charge in [-0.3, -0.25) is 4.79 Å². The number of amides is 1. The van der Waals surface area contributed by atoms with E-state index in [1.54, 1.807) is 22.5 Å². The van der Waals surface area contributed by atoms with Crippen molar-refractivity contribution in [3.8, 4) is 0 Å². The molecule has 0 bridgehead atoms. The zero-order chi connectivity index (χ0) is 16.1. The highest BCUT2D eigenvalue weighted by atomic mass is 32.2. The van der Waals surface area contributed by atoms with Gasteiger partial charge in [-0.15, -0.1) is 0 Å². The van der Waals surface area contributed by atoms with E-state index < -0.39 is 15.4 Å². The lowest BCUT2D eigenvalue weighted by atomic mass is 9.86. The molecule has 1 atom stereocenters. The Morgan fingerprint density at radius 1 is 1.32 bits per heavy atom. The minimum atomic E-state index is -3.49. The quantitative estimate of drug-likeness (QED) is 0.909. The predicted molar refractivity (Wildman–Crippen MR) is 85.3 cm³/mol. The zero-order valence-corrected chi connectivity index (χ0v) is 14.0. The molecule has 6 heteroatoms. The van der Waals surface area contributed by atoms with Crippen LogP contribution in [-0.2, 0) is 20.2 Å². The number of benzene rings is 1. The second kappa shape index (κ2) is 5.06. The van der Waals surface area contributed by atoms with Crippen LogP contribution in [0.3, 0.4) is 0 Å². The summed E-state index contributed by atoms with van der Waals surface area (Å²) in [5.74, 6) is 0.293. The van der Waals surface area contributed by atoms with Crippen LogP contribution < -0.4 is 5.32 Å². The van der Waals surface area contributed by atoms with Crippen molar-refractivity contribution in [3.63, 3.8) is 0 Å². The van der Waals surface area contributed by atoms with Crippen LogP contribution in [0.15, 0.2) is 23.1 Å². The third kappa shape index (κ3) is 2.34. The summed E-state index contributed by atoms with van der Waals surface area (Å²) in [7, 11) is -3.49. The first kappa shape index (κ1) is 15.5. The normalized spacial score (nSPS) is 24.9. The molecule has 22 heavy (non-hydrogen) atoms. The molecular weight excluding hydrogens is 300 g/mol. The first-order valence-electron chi connectivity index (χ1n) is 7.69. The van der Waals surface area contributed by atoms with Crippen molar-refractivity contribution < 1.29 is 13.2 Å². The first-order chi connectivity index (χ1) is 10.2. The number of carbonyl (C=O) groups is 1. The molecule has 2 aliphatic heterocycles. The highest BCUT2D eigenvalue weighted by Crippen LogP contribution is 2.39. The van der Waals surface area contributed by atoms with Gasteiger partial charge >= 0.3 is 0 Å². The van der Waals surface area contributed by atoms with Crippen LogP contribution in [0.4, 0.5) is 5.69 Å². The van der Waals surface area contributed by atoms with Crippen molar-refractivity contribution >= 4 is 21.6 Å². The number of carbonyl (C=O) groups excluding carboxylic acids is 1. The number of fused-ring (bicyclic) bond motifs is 1. The summed E-state index contributed by atoms with van der Waals surface area (Å²) in [6, 6.07) is 4.94. The molecule has 1 saturated heterocycles. The molecule has 1 aromatic rings. The smallest absolute Gasteiger partial charge is 0.243 e. The second-order valence-electron chi connectivity index (χ2n) is 6.90. The molecule has 1 aromatic carbocycles. The number of nitrogens with one attached hydrogen (secondary N) is 1. The zero-order valence-electron chi connectivity index (χ0n) is 13.2.